The number of anilines is 2. The third-order valence-corrected chi connectivity index (χ3v) is 2.76. The molecular weight excluding hydrogens is 248 g/mol. The SMILES string of the molecule is NNc1nc(NCc2cncs2)c(F)cc1F. The predicted octanol–water partition coefficient (Wildman–Crippen LogP) is 1.71. The van der Waals surface area contributed by atoms with Crippen molar-refractivity contribution in [3.05, 3.63) is 34.3 Å². The van der Waals surface area contributed by atoms with E-state index in [2.05, 4.69) is 20.7 Å². The number of nitrogens with one attached hydrogen (secondary N) is 2. The highest BCUT2D eigenvalue weighted by molar-refractivity contribution is 7.09. The van der Waals surface area contributed by atoms with Crippen LogP contribution in [0.2, 0.25) is 0 Å². The predicted molar refractivity (Wildman–Crippen MR) is 61.4 cm³/mol. The molecule has 0 unspecified atom stereocenters. The molecule has 0 spiro atoms. The molecule has 5 nitrogen and oxygen atoms in total. The molecule has 17 heavy (non-hydrogen) atoms. The Kier molecular flexibility index (Phi) is 3.45. The monoisotopic (exact) mass is 257 g/mol. The fourth-order valence-electron chi connectivity index (χ4n) is 1.19. The standard InChI is InChI=1S/C9H9F2N5S/c10-6-1-7(11)9(16-12)15-8(6)14-3-5-2-13-4-17-5/h1-2,4H,3,12H2,(H2,14,15,16). The summed E-state index contributed by atoms with van der Waals surface area (Å²) in [6.07, 6.45) is 1.65. The maximum absolute atomic E-state index is 13.3. The van der Waals surface area contributed by atoms with Crippen LogP contribution in [-0.2, 0) is 6.54 Å². The molecule has 0 aliphatic rings. The first kappa shape index (κ1) is 11.7. The van der Waals surface area contributed by atoms with Gasteiger partial charge in [0.2, 0.25) is 0 Å². The second-order valence-electron chi connectivity index (χ2n) is 3.11. The Labute approximate surface area is 99.7 Å². The van der Waals surface area contributed by atoms with E-state index in [1.807, 2.05) is 0 Å². The lowest BCUT2D eigenvalue weighted by atomic mass is 10.4. The first-order valence-electron chi connectivity index (χ1n) is 4.64. The second kappa shape index (κ2) is 5.02. The van der Waals surface area contributed by atoms with E-state index in [-0.39, 0.29) is 11.6 Å². The van der Waals surface area contributed by atoms with Crippen LogP contribution in [0.4, 0.5) is 20.4 Å². The summed E-state index contributed by atoms with van der Waals surface area (Å²) in [6, 6.07) is 0.719. The second-order valence-corrected chi connectivity index (χ2v) is 4.09. The Bertz CT molecular complexity index is 502. The highest BCUT2D eigenvalue weighted by Gasteiger charge is 2.10. The highest BCUT2D eigenvalue weighted by Crippen LogP contribution is 2.19. The maximum Gasteiger partial charge on any atom is 0.178 e. The Morgan fingerprint density at radius 2 is 2.06 bits per heavy atom. The van der Waals surface area contributed by atoms with Crippen molar-refractivity contribution in [1.82, 2.24) is 9.97 Å². The van der Waals surface area contributed by atoms with Crippen LogP contribution < -0.4 is 16.6 Å². The van der Waals surface area contributed by atoms with E-state index in [9.17, 15) is 8.78 Å². The van der Waals surface area contributed by atoms with Crippen molar-refractivity contribution in [3.63, 3.8) is 0 Å². The number of nitrogen functional groups attached to an aromatic ring is 1. The summed E-state index contributed by atoms with van der Waals surface area (Å²) in [5.74, 6) is 3.17. The third-order valence-electron chi connectivity index (χ3n) is 1.98. The number of halogens is 2. The number of aromatic nitrogens is 2. The van der Waals surface area contributed by atoms with Gasteiger partial charge in [0.1, 0.15) is 0 Å². The average molecular weight is 257 g/mol. The molecule has 2 rings (SSSR count). The number of nitrogens with two attached hydrogens (primary N) is 1. The summed E-state index contributed by atoms with van der Waals surface area (Å²) < 4.78 is 26.4. The molecule has 0 saturated heterocycles. The van der Waals surface area contributed by atoms with Gasteiger partial charge in [-0.25, -0.2) is 19.6 Å². The molecule has 2 aromatic rings. The largest absolute Gasteiger partial charge is 0.363 e. The summed E-state index contributed by atoms with van der Waals surface area (Å²) in [5.41, 5.74) is 3.72. The number of hydrazine groups is 1. The van der Waals surface area contributed by atoms with Crippen LogP contribution in [0, 0.1) is 11.6 Å². The highest BCUT2D eigenvalue weighted by atomic mass is 32.1. The van der Waals surface area contributed by atoms with E-state index in [0.29, 0.717) is 6.54 Å². The van der Waals surface area contributed by atoms with Gasteiger partial charge in [-0.2, -0.15) is 0 Å². The average Bonchev–Trinajstić information content (AvgIpc) is 2.81. The van der Waals surface area contributed by atoms with Crippen LogP contribution in [0.1, 0.15) is 4.88 Å². The molecule has 0 saturated carbocycles. The molecular formula is C9H9F2N5S. The quantitative estimate of drug-likeness (QED) is 0.574. The zero-order valence-electron chi connectivity index (χ0n) is 8.58. The molecule has 0 bridgehead atoms. The van der Waals surface area contributed by atoms with Gasteiger partial charge in [0.25, 0.3) is 0 Å². The smallest absolute Gasteiger partial charge is 0.178 e. The number of nitrogens with zero attached hydrogens (tertiary/aromatic N) is 2. The lowest BCUT2D eigenvalue weighted by Gasteiger charge is -2.08. The topological polar surface area (TPSA) is 75.9 Å². The number of thiazole rings is 1. The minimum atomic E-state index is -0.839. The van der Waals surface area contributed by atoms with Crippen LogP contribution in [-0.4, -0.2) is 9.97 Å². The van der Waals surface area contributed by atoms with E-state index >= 15 is 0 Å². The summed E-state index contributed by atoms with van der Waals surface area (Å²) in [7, 11) is 0. The molecule has 0 aliphatic carbocycles. The van der Waals surface area contributed by atoms with Crippen LogP contribution in [0.3, 0.4) is 0 Å². The summed E-state index contributed by atoms with van der Waals surface area (Å²) in [5, 5.41) is 2.74. The van der Waals surface area contributed by atoms with Crippen molar-refractivity contribution in [1.29, 1.82) is 0 Å². The number of pyridine rings is 1. The first-order valence-corrected chi connectivity index (χ1v) is 5.52. The molecule has 0 aromatic carbocycles. The van der Waals surface area contributed by atoms with Gasteiger partial charge in [0.05, 0.1) is 12.1 Å². The molecule has 0 aliphatic heterocycles. The molecule has 0 amide bonds. The third kappa shape index (κ3) is 2.66. The van der Waals surface area contributed by atoms with Gasteiger partial charge in [0, 0.05) is 17.1 Å². The van der Waals surface area contributed by atoms with E-state index in [1.165, 1.54) is 11.3 Å². The van der Waals surface area contributed by atoms with Gasteiger partial charge < -0.3 is 10.7 Å². The van der Waals surface area contributed by atoms with Crippen molar-refractivity contribution in [3.8, 4) is 0 Å². The van der Waals surface area contributed by atoms with E-state index < -0.39 is 11.6 Å². The molecule has 90 valence electrons. The van der Waals surface area contributed by atoms with Gasteiger partial charge in [-0.3, -0.25) is 4.98 Å². The van der Waals surface area contributed by atoms with E-state index in [1.54, 1.807) is 11.7 Å². The Hall–Kier alpha value is -1.80. The van der Waals surface area contributed by atoms with Gasteiger partial charge in [-0.1, -0.05) is 0 Å². The first-order chi connectivity index (χ1) is 8.20. The van der Waals surface area contributed by atoms with Gasteiger partial charge in [-0.15, -0.1) is 11.3 Å². The number of hydrogen-bond acceptors (Lipinski definition) is 6. The van der Waals surface area contributed by atoms with Crippen molar-refractivity contribution in [2.45, 2.75) is 6.54 Å². The van der Waals surface area contributed by atoms with Crippen molar-refractivity contribution < 1.29 is 8.78 Å². The van der Waals surface area contributed by atoms with Gasteiger partial charge >= 0.3 is 0 Å². The van der Waals surface area contributed by atoms with Crippen molar-refractivity contribution in [2.75, 3.05) is 10.7 Å². The van der Waals surface area contributed by atoms with Crippen molar-refractivity contribution in [2.24, 2.45) is 5.84 Å². The molecule has 0 fully saturated rings. The summed E-state index contributed by atoms with van der Waals surface area (Å²) in [4.78, 5) is 8.47. The number of rotatable bonds is 4. The minimum Gasteiger partial charge on any atom is -0.363 e. The van der Waals surface area contributed by atoms with E-state index in [4.69, 9.17) is 5.84 Å². The lowest BCUT2D eigenvalue weighted by molar-refractivity contribution is 0.578. The molecule has 2 heterocycles. The molecule has 8 heteroatoms. The zero-order chi connectivity index (χ0) is 12.3. The minimum absolute atomic E-state index is 0.0623. The van der Waals surface area contributed by atoms with Crippen LogP contribution in [0.25, 0.3) is 0 Å². The van der Waals surface area contributed by atoms with Crippen molar-refractivity contribution >= 4 is 23.0 Å². The molecule has 2 aromatic heterocycles. The fraction of sp³-hybridized carbons (Fsp3) is 0.111. The lowest BCUT2D eigenvalue weighted by Crippen LogP contribution is -2.13. The summed E-state index contributed by atoms with van der Waals surface area (Å²) in [6.45, 7) is 0.365. The maximum atomic E-state index is 13.3. The van der Waals surface area contributed by atoms with E-state index in [0.717, 1.165) is 10.9 Å². The normalized spacial score (nSPS) is 10.3. The molecule has 4 N–H and O–H groups in total. The zero-order valence-corrected chi connectivity index (χ0v) is 9.39. The number of hydrogen-bond donors (Lipinski definition) is 3. The molecule has 0 atom stereocenters. The van der Waals surface area contributed by atoms with Crippen LogP contribution >= 0.6 is 11.3 Å². The Morgan fingerprint density at radius 3 is 2.71 bits per heavy atom. The van der Waals surface area contributed by atoms with Gasteiger partial charge in [-0.05, 0) is 0 Å². The van der Waals surface area contributed by atoms with Crippen LogP contribution in [0.15, 0.2) is 17.8 Å². The molecule has 0 radical (unpaired) electrons. The fourth-order valence-corrected chi connectivity index (χ4v) is 1.73. The Balaban J connectivity index is 2.15. The summed E-state index contributed by atoms with van der Waals surface area (Å²) >= 11 is 1.42. The Morgan fingerprint density at radius 1 is 1.29 bits per heavy atom. The van der Waals surface area contributed by atoms with Crippen LogP contribution in [0.5, 0.6) is 0 Å². The van der Waals surface area contributed by atoms with Gasteiger partial charge in [0.15, 0.2) is 23.3 Å².